The summed E-state index contributed by atoms with van der Waals surface area (Å²) in [6.07, 6.45) is 4.03. The third kappa shape index (κ3) is 9.42. The normalized spacial score (nSPS) is 21.5. The average Bonchev–Trinajstić information content (AvgIpc) is 2.85. The van der Waals surface area contributed by atoms with Gasteiger partial charge in [-0.15, -0.1) is 0 Å². The Bertz CT molecular complexity index is 312. The number of halogens is 2. The van der Waals surface area contributed by atoms with Gasteiger partial charge in [-0.1, -0.05) is 59.0 Å². The van der Waals surface area contributed by atoms with E-state index < -0.39 is 0 Å². The molecule has 2 aliphatic rings. The van der Waals surface area contributed by atoms with Crippen LogP contribution < -0.4 is 0 Å². The fourth-order valence-electron chi connectivity index (χ4n) is 1.52. The molecule has 0 aromatic heterocycles. The SMILES string of the molecule is CC1(C)COC([C]2[C](I)[CH][CH][C]2I)OC1.[C-]#[O+].[C-]#[O+].[C-]#[O+].[Mn]. The second-order valence-corrected chi connectivity index (χ2v) is 6.89. The molecule has 1 heterocycles. The number of hydrogen-bond acceptors (Lipinski definition) is 2. The molecular formula is C14H13I2MnO5. The molecule has 0 spiro atoms. The molecule has 1 aliphatic heterocycles. The van der Waals surface area contributed by atoms with Crippen LogP contribution in [0.3, 0.4) is 0 Å². The quantitative estimate of drug-likeness (QED) is 0.210. The van der Waals surface area contributed by atoms with E-state index in [9.17, 15) is 0 Å². The second kappa shape index (κ2) is 15.6. The van der Waals surface area contributed by atoms with E-state index in [0.29, 0.717) is 0 Å². The zero-order valence-electron chi connectivity index (χ0n) is 11.8. The summed E-state index contributed by atoms with van der Waals surface area (Å²) in [6.45, 7) is 19.3. The van der Waals surface area contributed by atoms with Crippen molar-refractivity contribution in [2.45, 2.75) is 20.1 Å². The van der Waals surface area contributed by atoms with Gasteiger partial charge in [0.2, 0.25) is 0 Å². The first-order valence-electron chi connectivity index (χ1n) is 5.45. The van der Waals surface area contributed by atoms with E-state index in [1.165, 1.54) is 13.8 Å². The van der Waals surface area contributed by atoms with Crippen LogP contribution in [0.2, 0.25) is 0 Å². The maximum atomic E-state index is 7.50. The summed E-state index contributed by atoms with van der Waals surface area (Å²) in [5, 5.41) is 0. The van der Waals surface area contributed by atoms with Crippen molar-refractivity contribution in [2.24, 2.45) is 5.41 Å². The van der Waals surface area contributed by atoms with Crippen LogP contribution in [0.5, 0.6) is 0 Å². The summed E-state index contributed by atoms with van der Waals surface area (Å²) in [5.74, 6) is 1.19. The van der Waals surface area contributed by atoms with Gasteiger partial charge in [0.15, 0.2) is 6.29 Å². The fraction of sp³-hybridized carbons (Fsp3) is 0.429. The molecule has 120 valence electrons. The third-order valence-corrected chi connectivity index (χ3v) is 4.26. The topological polar surface area (TPSA) is 78.2 Å². The van der Waals surface area contributed by atoms with Gasteiger partial charge in [0.05, 0.1) is 27.0 Å². The first-order chi connectivity index (χ1) is 9.99. The van der Waals surface area contributed by atoms with Crippen molar-refractivity contribution < 1.29 is 40.5 Å². The Labute approximate surface area is 169 Å². The predicted octanol–water partition coefficient (Wildman–Crippen LogP) is 3.20. The predicted molar refractivity (Wildman–Crippen MR) is 87.6 cm³/mol. The Balaban J connectivity index is -0.000000463. The molecule has 0 aromatic rings. The molecule has 0 atom stereocenters. The molecule has 1 saturated carbocycles. The van der Waals surface area contributed by atoms with Gasteiger partial charge in [0, 0.05) is 22.5 Å². The molecule has 8 heteroatoms. The van der Waals surface area contributed by atoms with Gasteiger partial charge in [0.25, 0.3) is 0 Å². The monoisotopic (exact) mass is 570 g/mol. The zero-order chi connectivity index (χ0) is 17.1. The molecule has 22 heavy (non-hydrogen) atoms. The van der Waals surface area contributed by atoms with E-state index >= 15 is 0 Å². The summed E-state index contributed by atoms with van der Waals surface area (Å²) < 4.78 is 36.5. The first kappa shape index (κ1) is 27.9. The Kier molecular flexibility index (Phi) is 19.9. The van der Waals surface area contributed by atoms with Crippen molar-refractivity contribution in [3.63, 3.8) is 0 Å². The summed E-state index contributed by atoms with van der Waals surface area (Å²) in [5.41, 5.74) is 0.139. The number of hydrogen-bond donors (Lipinski definition) is 0. The van der Waals surface area contributed by atoms with Crippen LogP contribution in [0.4, 0.5) is 0 Å². The van der Waals surface area contributed by atoms with Crippen LogP contribution in [-0.2, 0) is 40.5 Å². The minimum absolute atomic E-state index is 0. The van der Waals surface area contributed by atoms with Crippen molar-refractivity contribution in [1.82, 2.24) is 0 Å². The molecule has 2 rings (SSSR count). The third-order valence-electron chi connectivity index (χ3n) is 2.38. The number of rotatable bonds is 1. The molecule has 0 unspecified atom stereocenters. The molecule has 2 fully saturated rings. The maximum absolute atomic E-state index is 7.50. The standard InChI is InChI=1S/C11H13I2O2.3CO.Mn/c1-11(2)5-14-10(15-6-11)9-7(12)3-4-8(9)13;3*1-2;/h3-4,10H,5-6H2,1-2H3;;;;. The second-order valence-electron chi connectivity index (χ2n) is 4.56. The van der Waals surface area contributed by atoms with E-state index in [0.717, 1.165) is 13.2 Å². The van der Waals surface area contributed by atoms with Gasteiger partial charge in [-0.05, 0) is 12.8 Å². The van der Waals surface area contributed by atoms with Crippen molar-refractivity contribution >= 4 is 45.2 Å². The Hall–Kier alpha value is 1.12. The molecule has 1 aliphatic carbocycles. The van der Waals surface area contributed by atoms with Crippen molar-refractivity contribution in [2.75, 3.05) is 13.2 Å². The Morgan fingerprint density at radius 2 is 1.27 bits per heavy atom. The van der Waals surface area contributed by atoms with Crippen molar-refractivity contribution in [3.05, 3.63) is 46.6 Å². The van der Waals surface area contributed by atoms with E-state index in [4.69, 9.17) is 23.4 Å². The molecule has 6 radical (unpaired) electrons. The molecular weight excluding hydrogens is 557 g/mol. The minimum atomic E-state index is -0.174. The van der Waals surface area contributed by atoms with Crippen molar-refractivity contribution in [3.8, 4) is 0 Å². The van der Waals surface area contributed by atoms with Crippen LogP contribution in [0.15, 0.2) is 0 Å². The molecule has 0 N–H and O–H groups in total. The summed E-state index contributed by atoms with van der Waals surface area (Å²) in [6, 6.07) is 0. The van der Waals surface area contributed by atoms with Crippen LogP contribution in [-0.4, -0.2) is 19.5 Å². The molecule has 0 aromatic carbocycles. The first-order valence-corrected chi connectivity index (χ1v) is 7.60. The van der Waals surface area contributed by atoms with Gasteiger partial charge < -0.3 is 9.47 Å². The van der Waals surface area contributed by atoms with Crippen LogP contribution in [0, 0.1) is 52.0 Å². The molecule has 1 saturated heterocycles. The van der Waals surface area contributed by atoms with Crippen molar-refractivity contribution in [1.29, 1.82) is 0 Å². The van der Waals surface area contributed by atoms with Gasteiger partial charge in [-0.25, -0.2) is 0 Å². The van der Waals surface area contributed by atoms with Gasteiger partial charge >= 0.3 is 33.9 Å². The summed E-state index contributed by atoms with van der Waals surface area (Å²) in [4.78, 5) is 0. The van der Waals surface area contributed by atoms with Gasteiger partial charge in [0.1, 0.15) is 0 Å². The fourth-order valence-corrected chi connectivity index (χ4v) is 3.49. The summed E-state index contributed by atoms with van der Waals surface area (Å²) in [7, 11) is 0. The minimum Gasteiger partial charge on any atom is 0 e. The largest absolute Gasteiger partial charge is 0 e. The number of ether oxygens (including phenoxy) is 2. The maximum Gasteiger partial charge on any atom is 0 e. The smallest absolute Gasteiger partial charge is 0 e. The molecule has 0 bridgehead atoms. The molecule has 5 nitrogen and oxygen atoms in total. The van der Waals surface area contributed by atoms with Crippen LogP contribution in [0.25, 0.3) is 0 Å². The van der Waals surface area contributed by atoms with Gasteiger partial charge in [-0.3, -0.25) is 0 Å². The van der Waals surface area contributed by atoms with Crippen LogP contribution >= 0.6 is 45.2 Å². The molecule has 0 amide bonds. The van der Waals surface area contributed by atoms with Gasteiger partial charge in [-0.2, -0.15) is 0 Å². The summed E-state index contributed by atoms with van der Waals surface area (Å²) >= 11 is 4.66. The Morgan fingerprint density at radius 1 is 0.955 bits per heavy atom. The van der Waals surface area contributed by atoms with E-state index in [2.05, 4.69) is 91.8 Å². The van der Waals surface area contributed by atoms with E-state index in [1.54, 1.807) is 0 Å². The van der Waals surface area contributed by atoms with Crippen LogP contribution in [0.1, 0.15) is 13.8 Å². The van der Waals surface area contributed by atoms with E-state index in [-0.39, 0.29) is 28.8 Å². The van der Waals surface area contributed by atoms with E-state index in [1.807, 2.05) is 0 Å². The average molecular weight is 570 g/mol. The zero-order valence-corrected chi connectivity index (χ0v) is 17.3. The Morgan fingerprint density at radius 3 is 1.59 bits per heavy atom.